The van der Waals surface area contributed by atoms with E-state index in [2.05, 4.69) is 4.90 Å². The van der Waals surface area contributed by atoms with Crippen LogP contribution in [-0.4, -0.2) is 41.3 Å². The van der Waals surface area contributed by atoms with Crippen molar-refractivity contribution < 1.29 is 14.6 Å². The summed E-state index contributed by atoms with van der Waals surface area (Å²) in [4.78, 5) is 13.6. The summed E-state index contributed by atoms with van der Waals surface area (Å²) in [6.07, 6.45) is 4.51. The molecule has 4 nitrogen and oxygen atoms in total. The molecule has 2 aliphatic heterocycles. The number of benzene rings is 1. The highest BCUT2D eigenvalue weighted by atomic mass is 16.5. The fraction of sp³-hybridized carbons (Fsp3) is 0.562. The average Bonchev–Trinajstić information content (AvgIpc) is 2.90. The predicted octanol–water partition coefficient (Wildman–Crippen LogP) is 2.53. The minimum absolute atomic E-state index is 0.128. The largest absolute Gasteiger partial charge is 0.478 e. The van der Waals surface area contributed by atoms with Crippen LogP contribution in [0.3, 0.4) is 0 Å². The molecule has 1 aromatic rings. The van der Waals surface area contributed by atoms with Gasteiger partial charge in [-0.1, -0.05) is 18.2 Å². The maximum Gasteiger partial charge on any atom is 0.336 e. The minimum atomic E-state index is -0.840. The zero-order valence-corrected chi connectivity index (χ0v) is 11.7. The van der Waals surface area contributed by atoms with Gasteiger partial charge in [-0.05, 0) is 37.3 Å². The van der Waals surface area contributed by atoms with Crippen LogP contribution in [0, 0.1) is 0 Å². The quantitative estimate of drug-likeness (QED) is 0.921. The Morgan fingerprint density at radius 1 is 1.25 bits per heavy atom. The second kappa shape index (κ2) is 5.54. The van der Waals surface area contributed by atoms with Crippen molar-refractivity contribution in [2.45, 2.75) is 37.8 Å². The molecule has 0 aliphatic carbocycles. The molecule has 0 saturated carbocycles. The van der Waals surface area contributed by atoms with Gasteiger partial charge in [-0.2, -0.15) is 0 Å². The van der Waals surface area contributed by atoms with Gasteiger partial charge in [0.15, 0.2) is 0 Å². The number of carbonyl (C=O) groups is 1. The lowest BCUT2D eigenvalue weighted by atomic mass is 9.88. The number of hydrogen-bond acceptors (Lipinski definition) is 3. The lowest BCUT2D eigenvalue weighted by Crippen LogP contribution is -2.43. The normalized spacial score (nSPS) is 22.2. The van der Waals surface area contributed by atoms with E-state index in [1.807, 2.05) is 12.1 Å². The SMILES string of the molecule is O=C(O)c1ccccc1CN1CCC2(CCCO2)CC1. The average molecular weight is 275 g/mol. The smallest absolute Gasteiger partial charge is 0.336 e. The molecule has 108 valence electrons. The van der Waals surface area contributed by atoms with Crippen molar-refractivity contribution in [2.75, 3.05) is 19.7 Å². The third kappa shape index (κ3) is 2.72. The molecule has 4 heteroatoms. The van der Waals surface area contributed by atoms with Crippen molar-refractivity contribution >= 4 is 5.97 Å². The number of hydrogen-bond donors (Lipinski definition) is 1. The van der Waals surface area contributed by atoms with Crippen molar-refractivity contribution in [3.8, 4) is 0 Å². The molecule has 2 aliphatic rings. The molecular weight excluding hydrogens is 254 g/mol. The van der Waals surface area contributed by atoms with Gasteiger partial charge in [0.25, 0.3) is 0 Å². The molecule has 2 fully saturated rings. The van der Waals surface area contributed by atoms with Gasteiger partial charge < -0.3 is 9.84 Å². The lowest BCUT2D eigenvalue weighted by molar-refractivity contribution is -0.0448. The molecule has 0 bridgehead atoms. The Bertz CT molecular complexity index is 484. The number of ether oxygens (including phenoxy) is 1. The Hall–Kier alpha value is -1.39. The van der Waals surface area contributed by atoms with E-state index in [1.165, 1.54) is 12.8 Å². The first-order valence-electron chi connectivity index (χ1n) is 7.36. The minimum Gasteiger partial charge on any atom is -0.478 e. The van der Waals surface area contributed by atoms with E-state index in [9.17, 15) is 9.90 Å². The van der Waals surface area contributed by atoms with Gasteiger partial charge >= 0.3 is 5.97 Å². The van der Waals surface area contributed by atoms with Gasteiger partial charge in [0, 0.05) is 26.2 Å². The first-order valence-corrected chi connectivity index (χ1v) is 7.36. The van der Waals surface area contributed by atoms with E-state index >= 15 is 0 Å². The molecule has 1 N–H and O–H groups in total. The zero-order chi connectivity index (χ0) is 14.0. The number of nitrogens with zero attached hydrogens (tertiary/aromatic N) is 1. The van der Waals surface area contributed by atoms with Crippen LogP contribution < -0.4 is 0 Å². The van der Waals surface area contributed by atoms with E-state index in [-0.39, 0.29) is 5.60 Å². The number of rotatable bonds is 3. The fourth-order valence-electron chi connectivity index (χ4n) is 3.38. The summed E-state index contributed by atoms with van der Waals surface area (Å²) in [5.41, 5.74) is 1.45. The molecule has 3 rings (SSSR count). The predicted molar refractivity (Wildman–Crippen MR) is 75.8 cm³/mol. The van der Waals surface area contributed by atoms with E-state index in [1.54, 1.807) is 12.1 Å². The van der Waals surface area contributed by atoms with Crippen molar-refractivity contribution in [1.82, 2.24) is 4.90 Å². The highest BCUT2D eigenvalue weighted by Gasteiger charge is 2.38. The Morgan fingerprint density at radius 2 is 2.00 bits per heavy atom. The summed E-state index contributed by atoms with van der Waals surface area (Å²) in [6.45, 7) is 3.61. The summed E-state index contributed by atoms with van der Waals surface area (Å²) in [6, 6.07) is 7.29. The van der Waals surface area contributed by atoms with Crippen LogP contribution in [0.1, 0.15) is 41.6 Å². The van der Waals surface area contributed by atoms with Gasteiger partial charge in [0.2, 0.25) is 0 Å². The van der Waals surface area contributed by atoms with Crippen LogP contribution in [0.25, 0.3) is 0 Å². The highest BCUT2D eigenvalue weighted by Crippen LogP contribution is 2.36. The lowest BCUT2D eigenvalue weighted by Gasteiger charge is -2.38. The van der Waals surface area contributed by atoms with Crippen molar-refractivity contribution in [1.29, 1.82) is 0 Å². The van der Waals surface area contributed by atoms with Crippen molar-refractivity contribution in [3.05, 3.63) is 35.4 Å². The fourth-order valence-corrected chi connectivity index (χ4v) is 3.38. The molecule has 20 heavy (non-hydrogen) atoms. The van der Waals surface area contributed by atoms with Gasteiger partial charge in [-0.3, -0.25) is 4.90 Å². The van der Waals surface area contributed by atoms with Gasteiger partial charge in [0.1, 0.15) is 0 Å². The number of piperidine rings is 1. The summed E-state index contributed by atoms with van der Waals surface area (Å²) in [5.74, 6) is -0.840. The van der Waals surface area contributed by atoms with E-state index in [0.717, 1.165) is 44.6 Å². The van der Waals surface area contributed by atoms with Crippen LogP contribution in [0.5, 0.6) is 0 Å². The standard InChI is InChI=1S/C16H21NO3/c18-15(19)14-5-2-1-4-13(14)12-17-9-7-16(8-10-17)6-3-11-20-16/h1-2,4-5H,3,6-12H2,(H,18,19). The molecule has 0 amide bonds. The molecule has 1 spiro atoms. The van der Waals surface area contributed by atoms with Crippen LogP contribution in [0.2, 0.25) is 0 Å². The number of aromatic carboxylic acids is 1. The monoisotopic (exact) mass is 275 g/mol. The van der Waals surface area contributed by atoms with Crippen LogP contribution >= 0.6 is 0 Å². The Balaban J connectivity index is 1.64. The van der Waals surface area contributed by atoms with Gasteiger partial charge in [0.05, 0.1) is 11.2 Å². The molecule has 0 radical (unpaired) electrons. The number of carboxylic acids is 1. The molecule has 0 atom stereocenters. The maximum absolute atomic E-state index is 11.2. The van der Waals surface area contributed by atoms with Gasteiger partial charge in [-0.15, -0.1) is 0 Å². The first kappa shape index (κ1) is 13.6. The van der Waals surface area contributed by atoms with Crippen LogP contribution in [0.4, 0.5) is 0 Å². The number of carboxylic acid groups (broad SMARTS) is 1. The highest BCUT2D eigenvalue weighted by molar-refractivity contribution is 5.89. The molecule has 2 heterocycles. The first-order chi connectivity index (χ1) is 9.69. The number of likely N-dealkylation sites (tertiary alicyclic amines) is 1. The maximum atomic E-state index is 11.2. The summed E-state index contributed by atoms with van der Waals surface area (Å²) < 4.78 is 5.92. The van der Waals surface area contributed by atoms with Crippen molar-refractivity contribution in [2.24, 2.45) is 0 Å². The summed E-state index contributed by atoms with van der Waals surface area (Å²) >= 11 is 0. The Labute approximate surface area is 119 Å². The van der Waals surface area contributed by atoms with E-state index < -0.39 is 5.97 Å². The summed E-state index contributed by atoms with van der Waals surface area (Å²) in [5, 5.41) is 9.22. The molecule has 2 saturated heterocycles. The summed E-state index contributed by atoms with van der Waals surface area (Å²) in [7, 11) is 0. The molecule has 0 unspecified atom stereocenters. The zero-order valence-electron chi connectivity index (χ0n) is 11.7. The van der Waals surface area contributed by atoms with Crippen LogP contribution in [0.15, 0.2) is 24.3 Å². The Kier molecular flexibility index (Phi) is 3.76. The topological polar surface area (TPSA) is 49.8 Å². The third-order valence-electron chi connectivity index (χ3n) is 4.59. The van der Waals surface area contributed by atoms with Gasteiger partial charge in [-0.25, -0.2) is 4.79 Å². The third-order valence-corrected chi connectivity index (χ3v) is 4.59. The van der Waals surface area contributed by atoms with Crippen LogP contribution in [-0.2, 0) is 11.3 Å². The second-order valence-electron chi connectivity index (χ2n) is 5.87. The second-order valence-corrected chi connectivity index (χ2v) is 5.87. The Morgan fingerprint density at radius 3 is 2.65 bits per heavy atom. The molecule has 0 aromatic heterocycles. The van der Waals surface area contributed by atoms with E-state index in [0.29, 0.717) is 5.56 Å². The van der Waals surface area contributed by atoms with Crippen molar-refractivity contribution in [3.63, 3.8) is 0 Å². The molecular formula is C16H21NO3. The molecule has 1 aromatic carbocycles. The van der Waals surface area contributed by atoms with E-state index in [4.69, 9.17) is 4.74 Å².